The van der Waals surface area contributed by atoms with Crippen molar-refractivity contribution in [3.05, 3.63) is 52.2 Å². The van der Waals surface area contributed by atoms with Crippen molar-refractivity contribution in [2.24, 2.45) is 5.92 Å². The Kier molecular flexibility index (Phi) is 6.64. The normalized spacial score (nSPS) is 17.4. The van der Waals surface area contributed by atoms with Crippen LogP contribution in [-0.2, 0) is 11.3 Å². The van der Waals surface area contributed by atoms with E-state index in [2.05, 4.69) is 33.8 Å². The largest absolute Gasteiger partial charge is 0.484 e. The molecule has 1 aliphatic heterocycles. The number of hydrogen-bond donors (Lipinski definition) is 1. The number of ether oxygens (including phenoxy) is 1. The number of piperidine rings is 1. The zero-order chi connectivity index (χ0) is 18.2. The number of likely N-dealkylation sites (tertiary alicyclic amines) is 1. The van der Waals surface area contributed by atoms with E-state index in [4.69, 9.17) is 10.00 Å². The van der Waals surface area contributed by atoms with E-state index in [0.29, 0.717) is 23.8 Å². The minimum absolute atomic E-state index is 0.00245. The monoisotopic (exact) mass is 369 g/mol. The van der Waals surface area contributed by atoms with Crippen molar-refractivity contribution >= 4 is 17.2 Å². The smallest absolute Gasteiger partial charge is 0.257 e. The summed E-state index contributed by atoms with van der Waals surface area (Å²) in [5.74, 6) is 0.978. The third kappa shape index (κ3) is 5.58. The molecular weight excluding hydrogens is 346 g/mol. The van der Waals surface area contributed by atoms with Gasteiger partial charge < -0.3 is 10.1 Å². The average Bonchev–Trinajstić information content (AvgIpc) is 3.18. The molecule has 0 radical (unpaired) electrons. The van der Waals surface area contributed by atoms with Gasteiger partial charge >= 0.3 is 0 Å². The highest BCUT2D eigenvalue weighted by atomic mass is 32.1. The van der Waals surface area contributed by atoms with Gasteiger partial charge in [0.05, 0.1) is 11.6 Å². The van der Waals surface area contributed by atoms with Crippen LogP contribution in [0.1, 0.15) is 23.3 Å². The van der Waals surface area contributed by atoms with Gasteiger partial charge in [-0.3, -0.25) is 9.69 Å². The Hall–Kier alpha value is -2.36. The summed E-state index contributed by atoms with van der Waals surface area (Å²) in [6.45, 7) is 3.84. The Labute approximate surface area is 158 Å². The second kappa shape index (κ2) is 9.37. The molecule has 2 aromatic rings. The van der Waals surface area contributed by atoms with Gasteiger partial charge in [0.15, 0.2) is 6.61 Å². The number of nitriles is 1. The summed E-state index contributed by atoms with van der Waals surface area (Å²) >= 11 is 1.80. The molecule has 0 bridgehead atoms. The first-order valence-electron chi connectivity index (χ1n) is 8.87. The van der Waals surface area contributed by atoms with Crippen molar-refractivity contribution in [3.8, 4) is 11.8 Å². The maximum absolute atomic E-state index is 12.0. The van der Waals surface area contributed by atoms with Crippen molar-refractivity contribution in [2.45, 2.75) is 19.4 Å². The molecule has 1 N–H and O–H groups in total. The zero-order valence-corrected chi connectivity index (χ0v) is 15.5. The number of rotatable bonds is 7. The Morgan fingerprint density at radius 1 is 1.35 bits per heavy atom. The van der Waals surface area contributed by atoms with E-state index in [1.165, 1.54) is 11.3 Å². The SMILES string of the molecule is N#Cc1ccc(OCC(=O)NC[C@H]2CCCN(Cc3cccs3)C2)cc1. The van der Waals surface area contributed by atoms with Gasteiger partial charge in [-0.15, -0.1) is 11.3 Å². The Balaban J connectivity index is 1.37. The molecule has 1 aliphatic rings. The van der Waals surface area contributed by atoms with Crippen molar-refractivity contribution in [1.82, 2.24) is 10.2 Å². The molecule has 1 aromatic heterocycles. The lowest BCUT2D eigenvalue weighted by Crippen LogP contribution is -2.41. The van der Waals surface area contributed by atoms with Crippen LogP contribution >= 0.6 is 11.3 Å². The summed E-state index contributed by atoms with van der Waals surface area (Å²) < 4.78 is 5.47. The number of benzene rings is 1. The van der Waals surface area contributed by atoms with Crippen molar-refractivity contribution in [1.29, 1.82) is 5.26 Å². The minimum Gasteiger partial charge on any atom is -0.484 e. The van der Waals surface area contributed by atoms with E-state index >= 15 is 0 Å². The van der Waals surface area contributed by atoms with Gasteiger partial charge in [-0.2, -0.15) is 5.26 Å². The molecule has 1 saturated heterocycles. The van der Waals surface area contributed by atoms with Crippen LogP contribution in [0.5, 0.6) is 5.75 Å². The Morgan fingerprint density at radius 2 is 2.19 bits per heavy atom. The van der Waals surface area contributed by atoms with Gasteiger partial charge in [-0.25, -0.2) is 0 Å². The molecule has 0 spiro atoms. The summed E-state index contributed by atoms with van der Waals surface area (Å²) in [6, 6.07) is 13.1. The predicted octanol–water partition coefficient (Wildman–Crippen LogP) is 3.03. The third-order valence-electron chi connectivity index (χ3n) is 4.50. The van der Waals surface area contributed by atoms with Crippen molar-refractivity contribution in [3.63, 3.8) is 0 Å². The highest BCUT2D eigenvalue weighted by Gasteiger charge is 2.20. The number of carbonyl (C=O) groups is 1. The molecule has 0 unspecified atom stereocenters. The van der Waals surface area contributed by atoms with Gasteiger partial charge in [0.1, 0.15) is 5.75 Å². The first-order valence-corrected chi connectivity index (χ1v) is 9.75. The van der Waals surface area contributed by atoms with Crippen LogP contribution < -0.4 is 10.1 Å². The number of amides is 1. The molecule has 6 heteroatoms. The van der Waals surface area contributed by atoms with Crippen LogP contribution in [0.4, 0.5) is 0 Å². The zero-order valence-electron chi connectivity index (χ0n) is 14.7. The van der Waals surface area contributed by atoms with Gasteiger partial charge in [0.25, 0.3) is 5.91 Å². The molecule has 136 valence electrons. The fraction of sp³-hybridized carbons (Fsp3) is 0.400. The van der Waals surface area contributed by atoms with E-state index in [9.17, 15) is 4.79 Å². The molecule has 1 fully saturated rings. The van der Waals surface area contributed by atoms with Crippen LogP contribution in [0.25, 0.3) is 0 Å². The van der Waals surface area contributed by atoms with Crippen molar-refractivity contribution in [2.75, 3.05) is 26.2 Å². The number of thiophene rings is 1. The third-order valence-corrected chi connectivity index (χ3v) is 5.37. The fourth-order valence-corrected chi connectivity index (χ4v) is 3.91. The molecule has 1 amide bonds. The summed E-state index contributed by atoms with van der Waals surface area (Å²) in [6.07, 6.45) is 2.32. The molecule has 1 aromatic carbocycles. The second-order valence-electron chi connectivity index (χ2n) is 6.55. The van der Waals surface area contributed by atoms with Crippen molar-refractivity contribution < 1.29 is 9.53 Å². The summed E-state index contributed by atoms with van der Waals surface area (Å²) in [4.78, 5) is 15.9. The first kappa shape index (κ1) is 18.4. The lowest BCUT2D eigenvalue weighted by molar-refractivity contribution is -0.123. The summed E-state index contributed by atoms with van der Waals surface area (Å²) in [5.41, 5.74) is 0.575. The number of nitrogens with one attached hydrogen (secondary N) is 1. The lowest BCUT2D eigenvalue weighted by Gasteiger charge is -2.32. The molecule has 0 aliphatic carbocycles. The van der Waals surface area contributed by atoms with E-state index < -0.39 is 0 Å². The Morgan fingerprint density at radius 3 is 2.92 bits per heavy atom. The molecule has 0 saturated carbocycles. The highest BCUT2D eigenvalue weighted by molar-refractivity contribution is 7.09. The van der Waals surface area contributed by atoms with Crippen LogP contribution in [0.15, 0.2) is 41.8 Å². The molecule has 3 rings (SSSR count). The van der Waals surface area contributed by atoms with E-state index in [-0.39, 0.29) is 12.5 Å². The number of hydrogen-bond acceptors (Lipinski definition) is 5. The molecule has 1 atom stereocenters. The van der Waals surface area contributed by atoms with E-state index in [1.54, 1.807) is 35.6 Å². The quantitative estimate of drug-likeness (QED) is 0.815. The maximum Gasteiger partial charge on any atom is 0.257 e. The van der Waals surface area contributed by atoms with E-state index in [0.717, 1.165) is 26.1 Å². The molecule has 26 heavy (non-hydrogen) atoms. The van der Waals surface area contributed by atoms with Crippen LogP contribution in [-0.4, -0.2) is 37.0 Å². The fourth-order valence-electron chi connectivity index (χ4n) is 3.17. The molecule has 2 heterocycles. The van der Waals surface area contributed by atoms with Gasteiger partial charge in [0.2, 0.25) is 0 Å². The topological polar surface area (TPSA) is 65.4 Å². The summed E-state index contributed by atoms with van der Waals surface area (Å²) in [7, 11) is 0. The minimum atomic E-state index is -0.107. The number of nitrogens with zero attached hydrogens (tertiary/aromatic N) is 2. The summed E-state index contributed by atoms with van der Waals surface area (Å²) in [5, 5.41) is 13.9. The lowest BCUT2D eigenvalue weighted by atomic mass is 9.98. The van der Waals surface area contributed by atoms with Crippen LogP contribution in [0.3, 0.4) is 0 Å². The number of carbonyl (C=O) groups excluding carboxylic acids is 1. The van der Waals surface area contributed by atoms with E-state index in [1.807, 2.05) is 0 Å². The maximum atomic E-state index is 12.0. The first-order chi connectivity index (χ1) is 12.7. The second-order valence-corrected chi connectivity index (χ2v) is 7.58. The molecule has 5 nitrogen and oxygen atoms in total. The van der Waals surface area contributed by atoms with Gasteiger partial charge in [-0.1, -0.05) is 6.07 Å². The Bertz CT molecular complexity index is 737. The average molecular weight is 369 g/mol. The van der Waals surface area contributed by atoms with Gasteiger partial charge in [-0.05, 0) is 61.0 Å². The molecular formula is C20H23N3O2S. The van der Waals surface area contributed by atoms with Crippen LogP contribution in [0.2, 0.25) is 0 Å². The highest BCUT2D eigenvalue weighted by Crippen LogP contribution is 2.20. The van der Waals surface area contributed by atoms with Crippen LogP contribution in [0, 0.1) is 17.2 Å². The standard InChI is InChI=1S/C20H23N3O2S/c21-11-16-5-7-18(8-6-16)25-15-20(24)22-12-17-3-1-9-23(13-17)14-19-4-2-10-26-19/h2,4-8,10,17H,1,3,9,12-15H2,(H,22,24)/t17-/m1/s1. The predicted molar refractivity (Wildman–Crippen MR) is 102 cm³/mol. The van der Waals surface area contributed by atoms with Gasteiger partial charge in [0, 0.05) is 24.5 Å².